The second-order valence-corrected chi connectivity index (χ2v) is 3.92. The Hall–Kier alpha value is -1.45. The second kappa shape index (κ2) is 4.38. The smallest absolute Gasteiger partial charge is 0.224 e. The van der Waals surface area contributed by atoms with Crippen LogP contribution in [-0.2, 0) is 4.79 Å². The maximum atomic E-state index is 12.5. The number of nitrogens with one attached hydrogen (secondary N) is 1. The molecule has 1 aliphatic rings. The summed E-state index contributed by atoms with van der Waals surface area (Å²) in [6.45, 7) is 0. The number of pyridine rings is 1. The van der Waals surface area contributed by atoms with Crippen molar-refractivity contribution in [2.24, 2.45) is 5.92 Å². The van der Waals surface area contributed by atoms with E-state index in [2.05, 4.69) is 10.3 Å². The minimum atomic E-state index is -0.535. The van der Waals surface area contributed by atoms with Crippen LogP contribution in [0.3, 0.4) is 0 Å². The van der Waals surface area contributed by atoms with Crippen molar-refractivity contribution < 1.29 is 9.18 Å². The summed E-state index contributed by atoms with van der Waals surface area (Å²) in [7, 11) is 0. The number of amides is 1. The number of aromatic nitrogens is 1. The molecule has 0 bridgehead atoms. The van der Waals surface area contributed by atoms with Gasteiger partial charge in [0.1, 0.15) is 0 Å². The Morgan fingerprint density at radius 2 is 2.33 bits per heavy atom. The van der Waals surface area contributed by atoms with Crippen LogP contribution in [0, 0.1) is 11.9 Å². The molecule has 0 unspecified atom stereocenters. The predicted octanol–water partition coefficient (Wildman–Crippen LogP) is 2.35. The van der Waals surface area contributed by atoms with Gasteiger partial charge in [-0.3, -0.25) is 4.79 Å². The lowest BCUT2D eigenvalue weighted by Gasteiger charge is -2.24. The van der Waals surface area contributed by atoms with Gasteiger partial charge in [0, 0.05) is 6.42 Å². The average Bonchev–Trinajstić information content (AvgIpc) is 2.16. The lowest BCUT2D eigenvalue weighted by atomic mass is 9.83. The number of carbonyl (C=O) groups excluding carboxylic acids is 1. The molecule has 1 aromatic rings. The lowest BCUT2D eigenvalue weighted by Crippen LogP contribution is -2.20. The Bertz CT molecular complexity index is 346. The highest BCUT2D eigenvalue weighted by atomic mass is 19.1. The minimum absolute atomic E-state index is 0.00638. The van der Waals surface area contributed by atoms with Gasteiger partial charge in [-0.05, 0) is 30.9 Å². The van der Waals surface area contributed by atoms with Crippen LogP contribution in [0.15, 0.2) is 18.3 Å². The van der Waals surface area contributed by atoms with Gasteiger partial charge in [0.15, 0.2) is 0 Å². The predicted molar refractivity (Wildman–Crippen MR) is 54.8 cm³/mol. The quantitative estimate of drug-likeness (QED) is 0.775. The van der Waals surface area contributed by atoms with E-state index in [1.165, 1.54) is 24.8 Å². The van der Waals surface area contributed by atoms with Crippen molar-refractivity contribution in [2.75, 3.05) is 5.32 Å². The van der Waals surface area contributed by atoms with Crippen molar-refractivity contribution in [3.63, 3.8) is 0 Å². The van der Waals surface area contributed by atoms with Gasteiger partial charge in [-0.25, -0.2) is 4.98 Å². The zero-order chi connectivity index (χ0) is 10.7. The van der Waals surface area contributed by atoms with Crippen molar-refractivity contribution in [3.8, 4) is 0 Å². The molecule has 0 radical (unpaired) electrons. The summed E-state index contributed by atoms with van der Waals surface area (Å²) in [5.41, 5.74) is 0.556. The van der Waals surface area contributed by atoms with Crippen molar-refractivity contribution in [1.82, 2.24) is 4.98 Å². The van der Waals surface area contributed by atoms with Crippen LogP contribution in [0.4, 0.5) is 10.1 Å². The van der Waals surface area contributed by atoms with Crippen LogP contribution in [0.5, 0.6) is 0 Å². The lowest BCUT2D eigenvalue weighted by molar-refractivity contribution is -0.117. The topological polar surface area (TPSA) is 42.0 Å². The van der Waals surface area contributed by atoms with Crippen LogP contribution in [0.25, 0.3) is 0 Å². The highest BCUT2D eigenvalue weighted by molar-refractivity contribution is 5.90. The third-order valence-corrected chi connectivity index (χ3v) is 2.71. The van der Waals surface area contributed by atoms with Gasteiger partial charge >= 0.3 is 0 Å². The molecule has 0 aromatic carbocycles. The maximum absolute atomic E-state index is 12.5. The molecule has 0 spiro atoms. The third-order valence-electron chi connectivity index (χ3n) is 2.71. The molecule has 1 fully saturated rings. The number of hydrogen-bond donors (Lipinski definition) is 1. The Morgan fingerprint density at radius 1 is 1.53 bits per heavy atom. The summed E-state index contributed by atoms with van der Waals surface area (Å²) < 4.78 is 12.5. The number of nitrogens with zero attached hydrogens (tertiary/aromatic N) is 1. The molecule has 4 heteroatoms. The largest absolute Gasteiger partial charge is 0.325 e. The van der Waals surface area contributed by atoms with Crippen molar-refractivity contribution in [3.05, 3.63) is 24.3 Å². The van der Waals surface area contributed by atoms with Crippen molar-refractivity contribution in [1.29, 1.82) is 0 Å². The van der Waals surface area contributed by atoms with E-state index >= 15 is 0 Å². The van der Waals surface area contributed by atoms with Gasteiger partial charge in [0.25, 0.3) is 0 Å². The summed E-state index contributed by atoms with van der Waals surface area (Å²) in [6.07, 6.45) is 5.42. The Morgan fingerprint density at radius 3 is 2.87 bits per heavy atom. The van der Waals surface area contributed by atoms with E-state index in [1.807, 2.05) is 0 Å². The number of halogens is 1. The molecule has 15 heavy (non-hydrogen) atoms. The first kappa shape index (κ1) is 10.1. The second-order valence-electron chi connectivity index (χ2n) is 3.92. The van der Waals surface area contributed by atoms with Gasteiger partial charge in [-0.2, -0.15) is 4.39 Å². The first-order valence-corrected chi connectivity index (χ1v) is 5.15. The number of rotatable bonds is 3. The van der Waals surface area contributed by atoms with E-state index in [-0.39, 0.29) is 5.91 Å². The van der Waals surface area contributed by atoms with Gasteiger partial charge in [-0.15, -0.1) is 0 Å². The Balaban J connectivity index is 1.84. The summed E-state index contributed by atoms with van der Waals surface area (Å²) >= 11 is 0. The standard InChI is InChI=1S/C11H13FN2O/c12-10-5-4-9(7-13-10)14-11(15)6-8-2-1-3-8/h4-5,7-8H,1-3,6H2,(H,14,15). The summed E-state index contributed by atoms with van der Waals surface area (Å²) in [5.74, 6) is -0.00138. The van der Waals surface area contributed by atoms with Crippen LogP contribution in [0.1, 0.15) is 25.7 Å². The molecule has 0 aliphatic heterocycles. The number of carbonyl (C=O) groups is 1. The summed E-state index contributed by atoms with van der Waals surface area (Å²) in [6, 6.07) is 2.75. The Labute approximate surface area is 87.7 Å². The molecule has 1 amide bonds. The normalized spacial score (nSPS) is 15.8. The molecule has 2 rings (SSSR count). The fourth-order valence-electron chi connectivity index (χ4n) is 1.62. The molecule has 1 heterocycles. The molecule has 1 saturated carbocycles. The minimum Gasteiger partial charge on any atom is -0.325 e. The fourth-order valence-corrected chi connectivity index (χ4v) is 1.62. The molecule has 80 valence electrons. The van der Waals surface area contributed by atoms with E-state index in [0.717, 1.165) is 12.8 Å². The molecular formula is C11H13FN2O. The molecule has 1 aromatic heterocycles. The van der Waals surface area contributed by atoms with Crippen LogP contribution < -0.4 is 5.32 Å². The van der Waals surface area contributed by atoms with Crippen molar-refractivity contribution in [2.45, 2.75) is 25.7 Å². The monoisotopic (exact) mass is 208 g/mol. The summed E-state index contributed by atoms with van der Waals surface area (Å²) in [4.78, 5) is 14.9. The van der Waals surface area contributed by atoms with Crippen LogP contribution in [-0.4, -0.2) is 10.9 Å². The number of anilines is 1. The van der Waals surface area contributed by atoms with E-state index in [4.69, 9.17) is 0 Å². The molecule has 0 saturated heterocycles. The fraction of sp³-hybridized carbons (Fsp3) is 0.455. The van der Waals surface area contributed by atoms with Crippen LogP contribution >= 0.6 is 0 Å². The molecule has 1 N–H and O–H groups in total. The first-order valence-electron chi connectivity index (χ1n) is 5.15. The van der Waals surface area contributed by atoms with Gasteiger partial charge in [0.05, 0.1) is 11.9 Å². The zero-order valence-corrected chi connectivity index (χ0v) is 8.37. The van der Waals surface area contributed by atoms with Gasteiger partial charge in [-0.1, -0.05) is 6.42 Å². The zero-order valence-electron chi connectivity index (χ0n) is 8.37. The van der Waals surface area contributed by atoms with E-state index < -0.39 is 5.95 Å². The SMILES string of the molecule is O=C(CC1CCC1)Nc1ccc(F)nc1. The maximum Gasteiger partial charge on any atom is 0.224 e. The first-order chi connectivity index (χ1) is 7.24. The third kappa shape index (κ3) is 2.75. The Kier molecular flexibility index (Phi) is 2.94. The van der Waals surface area contributed by atoms with E-state index in [1.54, 1.807) is 0 Å². The molecule has 0 atom stereocenters. The summed E-state index contributed by atoms with van der Waals surface area (Å²) in [5, 5.41) is 2.70. The van der Waals surface area contributed by atoms with Gasteiger partial charge < -0.3 is 5.32 Å². The van der Waals surface area contributed by atoms with Gasteiger partial charge in [0.2, 0.25) is 11.9 Å². The van der Waals surface area contributed by atoms with Crippen LogP contribution in [0.2, 0.25) is 0 Å². The van der Waals surface area contributed by atoms with Crippen molar-refractivity contribution >= 4 is 11.6 Å². The van der Waals surface area contributed by atoms with E-state index in [0.29, 0.717) is 18.0 Å². The van der Waals surface area contributed by atoms with E-state index in [9.17, 15) is 9.18 Å². The highest BCUT2D eigenvalue weighted by Gasteiger charge is 2.20. The average molecular weight is 208 g/mol. The molecular weight excluding hydrogens is 195 g/mol. The number of hydrogen-bond acceptors (Lipinski definition) is 2. The molecule has 1 aliphatic carbocycles. The highest BCUT2D eigenvalue weighted by Crippen LogP contribution is 2.29. The molecule has 3 nitrogen and oxygen atoms in total.